The van der Waals surface area contributed by atoms with E-state index in [1.54, 1.807) is 29.2 Å². The van der Waals surface area contributed by atoms with Gasteiger partial charge < -0.3 is 20.5 Å². The second kappa shape index (κ2) is 7.72. The minimum atomic E-state index is -0.582. The molecular formula is C18H24N4O3. The molecular weight excluding hydrogens is 320 g/mol. The molecule has 7 heteroatoms. The van der Waals surface area contributed by atoms with Crippen molar-refractivity contribution < 1.29 is 14.6 Å². The molecule has 2 aliphatic rings. The van der Waals surface area contributed by atoms with Crippen LogP contribution in [0.5, 0.6) is 5.75 Å². The number of carbonyl (C=O) groups excluding carboxylic acids is 1. The number of β-amino-alcohol motifs (C(OH)–C–C–N with tert-alkyl or cyclic N) is 1. The predicted octanol–water partition coefficient (Wildman–Crippen LogP) is 0.630. The maximum atomic E-state index is 11.4. The Morgan fingerprint density at radius 1 is 1.28 bits per heavy atom. The molecule has 1 aromatic carbocycles. The van der Waals surface area contributed by atoms with Gasteiger partial charge in [-0.25, -0.2) is 4.79 Å². The lowest BCUT2D eigenvalue weighted by Gasteiger charge is -2.45. The molecule has 2 aliphatic heterocycles. The van der Waals surface area contributed by atoms with Gasteiger partial charge in [-0.05, 0) is 42.5 Å². The Labute approximate surface area is 147 Å². The number of amides is 2. The van der Waals surface area contributed by atoms with Crippen molar-refractivity contribution >= 4 is 6.03 Å². The van der Waals surface area contributed by atoms with Crippen molar-refractivity contribution in [3.63, 3.8) is 0 Å². The van der Waals surface area contributed by atoms with E-state index in [1.807, 2.05) is 0 Å². The first-order valence-corrected chi connectivity index (χ1v) is 8.61. The van der Waals surface area contributed by atoms with E-state index in [0.717, 1.165) is 19.5 Å². The van der Waals surface area contributed by atoms with Gasteiger partial charge in [-0.2, -0.15) is 5.26 Å². The second-order valence-electron chi connectivity index (χ2n) is 7.03. The Kier molecular flexibility index (Phi) is 5.41. The topological polar surface area (TPSA) is 103 Å². The van der Waals surface area contributed by atoms with Crippen LogP contribution in [-0.4, -0.2) is 66.4 Å². The lowest BCUT2D eigenvalue weighted by atomic mass is 9.84. The molecule has 3 unspecified atom stereocenters. The molecule has 2 saturated heterocycles. The Morgan fingerprint density at radius 2 is 1.92 bits per heavy atom. The third-order valence-corrected chi connectivity index (χ3v) is 4.86. The van der Waals surface area contributed by atoms with Crippen LogP contribution in [-0.2, 0) is 0 Å². The zero-order valence-corrected chi connectivity index (χ0v) is 14.2. The Balaban J connectivity index is 1.45. The number of primary amides is 1. The van der Waals surface area contributed by atoms with Crippen LogP contribution in [0.4, 0.5) is 4.79 Å². The number of hydrogen-bond acceptors (Lipinski definition) is 5. The molecule has 134 valence electrons. The first-order valence-electron chi connectivity index (χ1n) is 8.61. The van der Waals surface area contributed by atoms with Crippen molar-refractivity contribution in [2.45, 2.75) is 12.5 Å². The average molecular weight is 344 g/mol. The summed E-state index contributed by atoms with van der Waals surface area (Å²) in [6.07, 6.45) is 0.541. The van der Waals surface area contributed by atoms with Gasteiger partial charge in [-0.3, -0.25) is 4.90 Å². The SMILES string of the molecule is N#Cc1ccc(OCC(O)CN2CC3CC(C2)CN(C(N)=O)C3)cc1. The van der Waals surface area contributed by atoms with Crippen molar-refractivity contribution in [1.82, 2.24) is 9.80 Å². The summed E-state index contributed by atoms with van der Waals surface area (Å²) in [5, 5.41) is 19.0. The molecule has 0 aliphatic carbocycles. The maximum Gasteiger partial charge on any atom is 0.314 e. The standard InChI is InChI=1S/C18H24N4O3/c19-6-13-1-3-17(4-2-13)25-12-16(23)11-21-7-14-5-15(8-21)10-22(9-14)18(20)24/h1-4,14-16,23H,5,7-12H2,(H2,20,24). The number of ether oxygens (including phenoxy) is 1. The molecule has 3 rings (SSSR count). The number of rotatable bonds is 5. The molecule has 2 heterocycles. The first-order chi connectivity index (χ1) is 12.0. The number of benzene rings is 1. The molecule has 25 heavy (non-hydrogen) atoms. The number of carbonyl (C=O) groups is 1. The normalized spacial score (nSPS) is 24.4. The van der Waals surface area contributed by atoms with Crippen LogP contribution >= 0.6 is 0 Å². The number of nitrogens with two attached hydrogens (primary N) is 1. The lowest BCUT2D eigenvalue weighted by molar-refractivity contribution is 0.0100. The molecule has 7 nitrogen and oxygen atoms in total. The van der Waals surface area contributed by atoms with Crippen LogP contribution in [0, 0.1) is 23.2 Å². The van der Waals surface area contributed by atoms with Crippen molar-refractivity contribution in [2.24, 2.45) is 17.6 Å². The number of fused-ring (bicyclic) bond motifs is 2. The van der Waals surface area contributed by atoms with Gasteiger partial charge in [-0.1, -0.05) is 0 Å². The van der Waals surface area contributed by atoms with Crippen LogP contribution in [0.3, 0.4) is 0 Å². The van der Waals surface area contributed by atoms with Crippen molar-refractivity contribution in [2.75, 3.05) is 39.3 Å². The smallest absolute Gasteiger partial charge is 0.314 e. The minimum absolute atomic E-state index is 0.213. The fourth-order valence-electron chi connectivity index (χ4n) is 3.89. The predicted molar refractivity (Wildman–Crippen MR) is 91.9 cm³/mol. The van der Waals surface area contributed by atoms with Gasteiger partial charge in [0.05, 0.1) is 11.6 Å². The van der Waals surface area contributed by atoms with Crippen molar-refractivity contribution in [1.29, 1.82) is 5.26 Å². The van der Waals surface area contributed by atoms with Gasteiger partial charge in [-0.15, -0.1) is 0 Å². The maximum absolute atomic E-state index is 11.4. The second-order valence-corrected chi connectivity index (χ2v) is 7.03. The molecule has 0 radical (unpaired) electrons. The van der Waals surface area contributed by atoms with Gasteiger partial charge in [0.25, 0.3) is 0 Å². The zero-order valence-electron chi connectivity index (χ0n) is 14.2. The van der Waals surface area contributed by atoms with Gasteiger partial charge in [0, 0.05) is 32.7 Å². The Morgan fingerprint density at radius 3 is 2.48 bits per heavy atom. The number of aliphatic hydroxyl groups excluding tert-OH is 1. The summed E-state index contributed by atoms with van der Waals surface area (Å²) < 4.78 is 5.60. The number of aliphatic hydroxyl groups is 1. The highest BCUT2D eigenvalue weighted by atomic mass is 16.5. The number of likely N-dealkylation sites (tertiary alicyclic amines) is 2. The van der Waals surface area contributed by atoms with Gasteiger partial charge in [0.1, 0.15) is 18.5 Å². The van der Waals surface area contributed by atoms with E-state index in [9.17, 15) is 9.90 Å². The fourth-order valence-corrected chi connectivity index (χ4v) is 3.89. The minimum Gasteiger partial charge on any atom is -0.491 e. The van der Waals surface area contributed by atoms with Crippen LogP contribution < -0.4 is 10.5 Å². The van der Waals surface area contributed by atoms with Crippen LogP contribution in [0.1, 0.15) is 12.0 Å². The number of piperidine rings is 2. The Bertz CT molecular complexity index is 629. The highest BCUT2D eigenvalue weighted by Gasteiger charge is 2.35. The van der Waals surface area contributed by atoms with E-state index in [2.05, 4.69) is 11.0 Å². The number of urea groups is 1. The summed E-state index contributed by atoms with van der Waals surface area (Å²) in [5.41, 5.74) is 5.98. The summed E-state index contributed by atoms with van der Waals surface area (Å²) in [4.78, 5) is 15.4. The van der Waals surface area contributed by atoms with E-state index in [1.165, 1.54) is 0 Å². The lowest BCUT2D eigenvalue weighted by Crippen LogP contribution is -2.56. The molecule has 3 N–H and O–H groups in total. The highest BCUT2D eigenvalue weighted by molar-refractivity contribution is 5.72. The van der Waals surface area contributed by atoms with E-state index in [0.29, 0.717) is 42.8 Å². The summed E-state index contributed by atoms with van der Waals surface area (Å²) in [5.74, 6) is 1.49. The highest BCUT2D eigenvalue weighted by Crippen LogP contribution is 2.28. The van der Waals surface area contributed by atoms with Gasteiger partial charge >= 0.3 is 6.03 Å². The summed E-state index contributed by atoms with van der Waals surface area (Å²) in [6.45, 7) is 3.92. The number of nitriles is 1. The summed E-state index contributed by atoms with van der Waals surface area (Å²) in [7, 11) is 0. The van der Waals surface area contributed by atoms with Gasteiger partial charge in [0.15, 0.2) is 0 Å². The van der Waals surface area contributed by atoms with Crippen molar-refractivity contribution in [3.05, 3.63) is 29.8 Å². The third kappa shape index (κ3) is 4.62. The average Bonchev–Trinajstić information content (AvgIpc) is 2.59. The van der Waals surface area contributed by atoms with Crippen LogP contribution in [0.25, 0.3) is 0 Å². The largest absolute Gasteiger partial charge is 0.491 e. The molecule has 2 amide bonds. The molecule has 2 bridgehead atoms. The quantitative estimate of drug-likeness (QED) is 0.815. The third-order valence-electron chi connectivity index (χ3n) is 4.86. The molecule has 0 aromatic heterocycles. The van der Waals surface area contributed by atoms with E-state index >= 15 is 0 Å². The summed E-state index contributed by atoms with van der Waals surface area (Å²) in [6, 6.07) is 8.57. The molecule has 0 saturated carbocycles. The summed E-state index contributed by atoms with van der Waals surface area (Å²) >= 11 is 0. The van der Waals surface area contributed by atoms with Gasteiger partial charge in [0.2, 0.25) is 0 Å². The number of nitrogens with zero attached hydrogens (tertiary/aromatic N) is 3. The zero-order chi connectivity index (χ0) is 17.8. The fraction of sp³-hybridized carbons (Fsp3) is 0.556. The van der Waals surface area contributed by atoms with Crippen LogP contribution in [0.15, 0.2) is 24.3 Å². The molecule has 0 spiro atoms. The van der Waals surface area contributed by atoms with E-state index in [4.69, 9.17) is 15.7 Å². The Hall–Kier alpha value is -2.30. The van der Waals surface area contributed by atoms with Crippen LogP contribution in [0.2, 0.25) is 0 Å². The van der Waals surface area contributed by atoms with Crippen molar-refractivity contribution in [3.8, 4) is 11.8 Å². The first kappa shape index (κ1) is 17.5. The monoisotopic (exact) mass is 344 g/mol. The molecule has 2 fully saturated rings. The number of hydrogen-bond donors (Lipinski definition) is 2. The van der Waals surface area contributed by atoms with E-state index in [-0.39, 0.29) is 12.6 Å². The molecule has 3 atom stereocenters. The van der Waals surface area contributed by atoms with E-state index < -0.39 is 6.10 Å². The molecule has 1 aromatic rings.